The first-order valence-electron chi connectivity index (χ1n) is 4.98. The van der Waals surface area contributed by atoms with Crippen molar-refractivity contribution < 1.29 is 0 Å². The van der Waals surface area contributed by atoms with Crippen molar-refractivity contribution in [3.05, 3.63) is 11.6 Å². The summed E-state index contributed by atoms with van der Waals surface area (Å²) in [5, 5.41) is 0. The minimum atomic E-state index is 0.690. The van der Waals surface area contributed by atoms with Gasteiger partial charge in [-0.3, -0.25) is 4.90 Å². The number of allylic oxidation sites excluding steroid dienone is 1. The summed E-state index contributed by atoms with van der Waals surface area (Å²) in [4.78, 5) is 2.46. The monoisotopic (exact) mass is 205 g/mol. The van der Waals surface area contributed by atoms with Crippen LogP contribution in [-0.4, -0.2) is 23.5 Å². The fourth-order valence-electron chi connectivity index (χ4n) is 1.33. The lowest BCUT2D eigenvalue weighted by atomic mass is 10.2. The average Bonchev–Trinajstić information content (AvgIpc) is 2.04. The second-order valence-corrected chi connectivity index (χ2v) is 3.73. The molecular weight excluding hydrogens is 182 g/mol. The quantitative estimate of drug-likeness (QED) is 0.676. The third-order valence-corrected chi connectivity index (χ3v) is 2.07. The summed E-state index contributed by atoms with van der Waals surface area (Å²) >= 11 is 5.01. The molecule has 80 valence electrons. The molecule has 0 saturated heterocycles. The topological polar surface area (TPSA) is 3.24 Å². The second-order valence-electron chi connectivity index (χ2n) is 3.48. The van der Waals surface area contributed by atoms with Crippen LogP contribution in [-0.2, 0) is 0 Å². The van der Waals surface area contributed by atoms with E-state index in [0.29, 0.717) is 12.1 Å². The Morgan fingerprint density at radius 1 is 1.15 bits per heavy atom. The van der Waals surface area contributed by atoms with Crippen LogP contribution in [0.25, 0.3) is 0 Å². The average molecular weight is 206 g/mol. The Labute approximate surface area is 88.8 Å². The molecule has 0 aliphatic rings. The van der Waals surface area contributed by atoms with Crippen molar-refractivity contribution >= 4 is 11.6 Å². The number of hydrogen-bond acceptors (Lipinski definition) is 1. The SMILES string of the molecule is CC=CCl.CCN(C(C)C)C(C)C. The maximum Gasteiger partial charge on any atom is 0.00411 e. The smallest absolute Gasteiger partial charge is 0.00411 e. The summed E-state index contributed by atoms with van der Waals surface area (Å²) in [6.45, 7) is 14.2. The van der Waals surface area contributed by atoms with Gasteiger partial charge in [0.25, 0.3) is 0 Å². The zero-order chi connectivity index (χ0) is 10.9. The normalized spacial score (nSPS) is 11.2. The van der Waals surface area contributed by atoms with Gasteiger partial charge in [0.15, 0.2) is 0 Å². The Morgan fingerprint density at radius 3 is 1.46 bits per heavy atom. The van der Waals surface area contributed by atoms with Crippen LogP contribution in [0.5, 0.6) is 0 Å². The van der Waals surface area contributed by atoms with Crippen LogP contribution in [0.2, 0.25) is 0 Å². The fourth-order valence-corrected chi connectivity index (χ4v) is 1.33. The molecule has 0 fully saturated rings. The van der Waals surface area contributed by atoms with Crippen LogP contribution in [0.3, 0.4) is 0 Å². The molecular formula is C11H24ClN. The molecule has 1 nitrogen and oxygen atoms in total. The van der Waals surface area contributed by atoms with Crippen LogP contribution >= 0.6 is 11.6 Å². The van der Waals surface area contributed by atoms with Gasteiger partial charge in [-0.05, 0) is 46.7 Å². The van der Waals surface area contributed by atoms with Crippen molar-refractivity contribution in [2.24, 2.45) is 0 Å². The van der Waals surface area contributed by atoms with E-state index in [2.05, 4.69) is 39.5 Å². The van der Waals surface area contributed by atoms with Gasteiger partial charge < -0.3 is 0 Å². The van der Waals surface area contributed by atoms with E-state index < -0.39 is 0 Å². The van der Waals surface area contributed by atoms with Crippen molar-refractivity contribution in [1.29, 1.82) is 0 Å². The minimum absolute atomic E-state index is 0.690. The van der Waals surface area contributed by atoms with Crippen molar-refractivity contribution in [2.75, 3.05) is 6.54 Å². The summed E-state index contributed by atoms with van der Waals surface area (Å²) in [5.41, 5.74) is 1.47. The first-order valence-corrected chi connectivity index (χ1v) is 5.41. The Hall–Kier alpha value is -0.0100. The number of rotatable bonds is 3. The zero-order valence-electron chi connectivity index (χ0n) is 9.84. The van der Waals surface area contributed by atoms with Gasteiger partial charge in [-0.15, -0.1) is 0 Å². The lowest BCUT2D eigenvalue weighted by Crippen LogP contribution is -2.36. The van der Waals surface area contributed by atoms with Gasteiger partial charge in [-0.2, -0.15) is 0 Å². The summed E-state index contributed by atoms with van der Waals surface area (Å²) in [6, 6.07) is 1.38. The van der Waals surface area contributed by atoms with E-state index in [9.17, 15) is 0 Å². The highest BCUT2D eigenvalue weighted by atomic mass is 35.5. The van der Waals surface area contributed by atoms with E-state index >= 15 is 0 Å². The van der Waals surface area contributed by atoms with Gasteiger partial charge >= 0.3 is 0 Å². The number of hydrogen-bond donors (Lipinski definition) is 0. The van der Waals surface area contributed by atoms with E-state index in [1.54, 1.807) is 6.08 Å². The van der Waals surface area contributed by atoms with Gasteiger partial charge in [0.05, 0.1) is 0 Å². The molecule has 0 spiro atoms. The molecule has 0 saturated carbocycles. The van der Waals surface area contributed by atoms with Crippen LogP contribution in [0.4, 0.5) is 0 Å². The molecule has 0 bridgehead atoms. The van der Waals surface area contributed by atoms with Gasteiger partial charge in [-0.1, -0.05) is 24.6 Å². The summed E-state index contributed by atoms with van der Waals surface area (Å²) in [5.74, 6) is 0. The predicted octanol–water partition coefficient (Wildman–Crippen LogP) is 3.88. The maximum atomic E-state index is 5.01. The Morgan fingerprint density at radius 2 is 1.46 bits per heavy atom. The van der Waals surface area contributed by atoms with Gasteiger partial charge in [0.1, 0.15) is 0 Å². The number of nitrogens with zero attached hydrogens (tertiary/aromatic N) is 1. The fraction of sp³-hybridized carbons (Fsp3) is 0.818. The van der Waals surface area contributed by atoms with E-state index in [0.717, 1.165) is 6.54 Å². The van der Waals surface area contributed by atoms with Gasteiger partial charge in [0, 0.05) is 12.1 Å². The molecule has 0 atom stereocenters. The minimum Gasteiger partial charge on any atom is -0.299 e. The molecule has 0 aromatic carbocycles. The number of halogens is 1. The van der Waals surface area contributed by atoms with E-state index in [-0.39, 0.29) is 0 Å². The summed E-state index contributed by atoms with van der Waals surface area (Å²) in [7, 11) is 0. The van der Waals surface area contributed by atoms with Crippen molar-refractivity contribution in [1.82, 2.24) is 4.90 Å². The standard InChI is InChI=1S/C8H19N.C3H5Cl/c1-6-9(7(2)3)8(4)5;1-2-3-4/h7-8H,6H2,1-5H3;2-3H,1H3. The first kappa shape index (κ1) is 15.5. The summed E-state index contributed by atoms with van der Waals surface area (Å²) in [6.07, 6.45) is 1.77. The molecule has 13 heavy (non-hydrogen) atoms. The van der Waals surface area contributed by atoms with Crippen LogP contribution in [0.1, 0.15) is 41.5 Å². The Balaban J connectivity index is 0. The van der Waals surface area contributed by atoms with Crippen LogP contribution in [0, 0.1) is 0 Å². The molecule has 0 rings (SSSR count). The van der Waals surface area contributed by atoms with Crippen molar-refractivity contribution in [3.8, 4) is 0 Å². The van der Waals surface area contributed by atoms with E-state index in [1.165, 1.54) is 5.54 Å². The predicted molar refractivity (Wildman–Crippen MR) is 63.3 cm³/mol. The highest BCUT2D eigenvalue weighted by Crippen LogP contribution is 2.02. The highest BCUT2D eigenvalue weighted by molar-refractivity contribution is 6.25. The molecule has 0 aliphatic carbocycles. The lowest BCUT2D eigenvalue weighted by Gasteiger charge is -2.28. The highest BCUT2D eigenvalue weighted by Gasteiger charge is 2.08. The van der Waals surface area contributed by atoms with Crippen LogP contribution in [0.15, 0.2) is 11.6 Å². The molecule has 0 radical (unpaired) electrons. The molecule has 0 aliphatic heterocycles. The molecule has 0 heterocycles. The molecule has 0 N–H and O–H groups in total. The van der Waals surface area contributed by atoms with E-state index in [4.69, 9.17) is 11.6 Å². The molecule has 0 aromatic heterocycles. The zero-order valence-corrected chi connectivity index (χ0v) is 10.6. The third kappa shape index (κ3) is 9.91. The molecule has 0 unspecified atom stereocenters. The first-order chi connectivity index (χ1) is 6.01. The Kier molecular flexibility index (Phi) is 12.0. The largest absolute Gasteiger partial charge is 0.299 e. The molecule has 0 aromatic rings. The lowest BCUT2D eigenvalue weighted by molar-refractivity contribution is 0.185. The van der Waals surface area contributed by atoms with Gasteiger partial charge in [0.2, 0.25) is 0 Å². The van der Waals surface area contributed by atoms with E-state index in [1.807, 2.05) is 6.92 Å². The molecule has 0 amide bonds. The summed E-state index contributed by atoms with van der Waals surface area (Å²) < 4.78 is 0. The van der Waals surface area contributed by atoms with Gasteiger partial charge in [-0.25, -0.2) is 0 Å². The van der Waals surface area contributed by atoms with Crippen molar-refractivity contribution in [3.63, 3.8) is 0 Å². The maximum absolute atomic E-state index is 5.01. The second kappa shape index (κ2) is 10.1. The van der Waals surface area contributed by atoms with Crippen molar-refractivity contribution in [2.45, 2.75) is 53.6 Å². The third-order valence-electron chi connectivity index (χ3n) is 1.82. The Bertz CT molecular complexity index is 107. The molecule has 2 heteroatoms. The van der Waals surface area contributed by atoms with Crippen LogP contribution < -0.4 is 0 Å².